The van der Waals surface area contributed by atoms with Gasteiger partial charge in [0.15, 0.2) is 11.5 Å². The number of nitrogens with zero attached hydrogens (tertiary/aromatic N) is 1. The molecule has 0 fully saturated rings. The highest BCUT2D eigenvalue weighted by Crippen LogP contribution is 2.44. The highest BCUT2D eigenvalue weighted by molar-refractivity contribution is 5.94. The van der Waals surface area contributed by atoms with Crippen molar-refractivity contribution in [3.05, 3.63) is 94.5 Å². The highest BCUT2D eigenvalue weighted by Gasteiger charge is 2.36. The number of benzene rings is 3. The Bertz CT molecular complexity index is 1120. The van der Waals surface area contributed by atoms with E-state index in [1.807, 2.05) is 35.2 Å². The predicted octanol–water partition coefficient (Wildman–Crippen LogP) is 6.45. The van der Waals surface area contributed by atoms with Gasteiger partial charge in [0.25, 0.3) is 5.91 Å². The average Bonchev–Trinajstić information content (AvgIpc) is 2.86. The first-order valence-corrected chi connectivity index (χ1v) is 12.1. The molecule has 1 aliphatic heterocycles. The summed E-state index contributed by atoms with van der Waals surface area (Å²) in [7, 11) is 3.32. The Morgan fingerprint density at radius 3 is 2.21 bits per heavy atom. The van der Waals surface area contributed by atoms with Crippen LogP contribution in [-0.2, 0) is 12.8 Å². The quantitative estimate of drug-likeness (QED) is 0.409. The van der Waals surface area contributed by atoms with Crippen molar-refractivity contribution in [1.82, 2.24) is 4.90 Å². The Hall–Kier alpha value is -3.27. The Kier molecular flexibility index (Phi) is 7.26. The maximum Gasteiger partial charge on any atom is 0.254 e. The molecule has 3 aromatic carbocycles. The first kappa shape index (κ1) is 23.9. The minimum absolute atomic E-state index is 0.0642. The molecular formula is C30H35NO3. The van der Waals surface area contributed by atoms with Gasteiger partial charge in [-0.3, -0.25) is 4.79 Å². The molecule has 0 N–H and O–H groups in total. The second-order valence-electron chi connectivity index (χ2n) is 9.59. The second-order valence-corrected chi connectivity index (χ2v) is 9.59. The first-order chi connectivity index (χ1) is 16.4. The zero-order valence-electron chi connectivity index (χ0n) is 20.9. The van der Waals surface area contributed by atoms with Crippen LogP contribution in [0, 0.1) is 5.92 Å². The van der Waals surface area contributed by atoms with Gasteiger partial charge in [0.1, 0.15) is 0 Å². The van der Waals surface area contributed by atoms with Gasteiger partial charge in [-0.15, -0.1) is 0 Å². The van der Waals surface area contributed by atoms with Gasteiger partial charge >= 0.3 is 0 Å². The fourth-order valence-electron chi connectivity index (χ4n) is 5.10. The van der Waals surface area contributed by atoms with E-state index >= 15 is 0 Å². The van der Waals surface area contributed by atoms with Gasteiger partial charge in [-0.25, -0.2) is 0 Å². The van der Waals surface area contributed by atoms with E-state index in [2.05, 4.69) is 57.2 Å². The van der Waals surface area contributed by atoms with Gasteiger partial charge in [-0.2, -0.15) is 0 Å². The average molecular weight is 458 g/mol. The van der Waals surface area contributed by atoms with Crippen LogP contribution in [0.1, 0.15) is 65.3 Å². The molecule has 2 atom stereocenters. The van der Waals surface area contributed by atoms with Crippen molar-refractivity contribution >= 4 is 5.91 Å². The lowest BCUT2D eigenvalue weighted by Gasteiger charge is -2.41. The number of hydrogen-bond donors (Lipinski definition) is 0. The molecule has 0 aromatic heterocycles. The molecule has 0 radical (unpaired) electrons. The van der Waals surface area contributed by atoms with E-state index < -0.39 is 0 Å². The molecule has 4 nitrogen and oxygen atoms in total. The summed E-state index contributed by atoms with van der Waals surface area (Å²) in [4.78, 5) is 15.7. The Morgan fingerprint density at radius 1 is 0.941 bits per heavy atom. The molecule has 2 unspecified atom stereocenters. The van der Waals surface area contributed by atoms with Crippen molar-refractivity contribution in [2.75, 3.05) is 20.8 Å². The molecule has 1 aliphatic rings. The molecule has 0 saturated heterocycles. The fourth-order valence-corrected chi connectivity index (χ4v) is 5.10. The van der Waals surface area contributed by atoms with E-state index in [0.29, 0.717) is 18.2 Å². The number of rotatable bonds is 7. The molecule has 178 valence electrons. The van der Waals surface area contributed by atoms with Crippen LogP contribution >= 0.6 is 0 Å². The molecule has 4 rings (SSSR count). The number of carbonyl (C=O) groups excluding carboxylic acids is 1. The molecule has 34 heavy (non-hydrogen) atoms. The molecule has 1 amide bonds. The van der Waals surface area contributed by atoms with Crippen molar-refractivity contribution in [2.24, 2.45) is 5.92 Å². The largest absolute Gasteiger partial charge is 0.493 e. The topological polar surface area (TPSA) is 38.8 Å². The lowest BCUT2D eigenvalue weighted by Crippen LogP contribution is -2.42. The van der Waals surface area contributed by atoms with Gasteiger partial charge in [-0.05, 0) is 65.3 Å². The van der Waals surface area contributed by atoms with Crippen LogP contribution in [-0.4, -0.2) is 31.6 Å². The third kappa shape index (κ3) is 4.82. The molecular weight excluding hydrogens is 422 g/mol. The van der Waals surface area contributed by atoms with Crippen molar-refractivity contribution in [1.29, 1.82) is 0 Å². The number of carbonyl (C=O) groups is 1. The normalized spacial score (nSPS) is 16.2. The summed E-state index contributed by atoms with van der Waals surface area (Å²) in [6.07, 6.45) is 1.85. The van der Waals surface area contributed by atoms with Crippen LogP contribution in [0.5, 0.6) is 11.5 Å². The number of methoxy groups -OCH3 is 2. The minimum atomic E-state index is -0.104. The molecule has 3 aromatic rings. The molecule has 4 heteroatoms. The third-order valence-corrected chi connectivity index (χ3v) is 6.83. The van der Waals surface area contributed by atoms with Crippen LogP contribution in [0.4, 0.5) is 0 Å². The van der Waals surface area contributed by atoms with Crippen LogP contribution < -0.4 is 9.47 Å². The van der Waals surface area contributed by atoms with Crippen LogP contribution in [0.2, 0.25) is 0 Å². The monoisotopic (exact) mass is 457 g/mol. The zero-order chi connectivity index (χ0) is 24.2. The number of ether oxygens (including phenoxy) is 2. The summed E-state index contributed by atoms with van der Waals surface area (Å²) in [6, 6.07) is 22.5. The smallest absolute Gasteiger partial charge is 0.254 e. The molecule has 1 heterocycles. The first-order valence-electron chi connectivity index (χ1n) is 12.1. The summed E-state index contributed by atoms with van der Waals surface area (Å²) < 4.78 is 11.2. The van der Waals surface area contributed by atoms with Crippen molar-refractivity contribution in [3.63, 3.8) is 0 Å². The summed E-state index contributed by atoms with van der Waals surface area (Å²) in [5, 5.41) is 0. The SMILES string of the molecule is COc1cc2c(cc1OC)C(C(C)c1ccc(CC(C)C)cc1)N(C(=O)c1ccccc1)CC2. The fraction of sp³-hybridized carbons (Fsp3) is 0.367. The minimum Gasteiger partial charge on any atom is -0.493 e. The van der Waals surface area contributed by atoms with E-state index in [4.69, 9.17) is 9.47 Å². The molecule has 0 saturated carbocycles. The van der Waals surface area contributed by atoms with Crippen LogP contribution in [0.15, 0.2) is 66.7 Å². The summed E-state index contributed by atoms with van der Waals surface area (Å²) >= 11 is 0. The van der Waals surface area contributed by atoms with Gasteiger partial charge in [-0.1, -0.05) is 63.2 Å². The van der Waals surface area contributed by atoms with Gasteiger partial charge in [0, 0.05) is 18.0 Å². The number of hydrogen-bond acceptors (Lipinski definition) is 3. The predicted molar refractivity (Wildman–Crippen MR) is 137 cm³/mol. The third-order valence-electron chi connectivity index (χ3n) is 6.83. The summed E-state index contributed by atoms with van der Waals surface area (Å²) in [6.45, 7) is 7.37. The van der Waals surface area contributed by atoms with Crippen LogP contribution in [0.3, 0.4) is 0 Å². The van der Waals surface area contributed by atoms with Gasteiger partial charge in [0.2, 0.25) is 0 Å². The van der Waals surface area contributed by atoms with Gasteiger partial charge in [0.05, 0.1) is 20.3 Å². The van der Waals surface area contributed by atoms with Crippen molar-refractivity contribution < 1.29 is 14.3 Å². The van der Waals surface area contributed by atoms with E-state index in [-0.39, 0.29) is 17.9 Å². The standard InChI is InChI=1S/C30H35NO3/c1-20(2)17-22-11-13-23(14-12-22)21(3)29-26-19-28(34-5)27(33-4)18-25(26)15-16-31(29)30(32)24-9-7-6-8-10-24/h6-14,18-21,29H,15-17H2,1-5H3. The van der Waals surface area contributed by atoms with E-state index in [1.54, 1.807) is 14.2 Å². The number of fused-ring (bicyclic) bond motifs is 1. The van der Waals surface area contributed by atoms with Crippen molar-refractivity contribution in [3.8, 4) is 11.5 Å². The summed E-state index contributed by atoms with van der Waals surface area (Å²) in [5.74, 6) is 2.22. The Morgan fingerprint density at radius 2 is 1.59 bits per heavy atom. The maximum atomic E-state index is 13.7. The summed E-state index contributed by atoms with van der Waals surface area (Å²) in [5.41, 5.74) is 5.63. The maximum absolute atomic E-state index is 13.7. The lowest BCUT2D eigenvalue weighted by molar-refractivity contribution is 0.0633. The lowest BCUT2D eigenvalue weighted by atomic mass is 9.81. The highest BCUT2D eigenvalue weighted by atomic mass is 16.5. The molecule has 0 spiro atoms. The Labute approximate surface area is 203 Å². The number of amides is 1. The van der Waals surface area contributed by atoms with E-state index in [9.17, 15) is 4.79 Å². The second kappa shape index (κ2) is 10.3. The van der Waals surface area contributed by atoms with E-state index in [1.165, 1.54) is 16.7 Å². The Balaban J connectivity index is 1.77. The van der Waals surface area contributed by atoms with Crippen LogP contribution in [0.25, 0.3) is 0 Å². The van der Waals surface area contributed by atoms with Crippen molar-refractivity contribution in [2.45, 2.75) is 45.6 Å². The molecule has 0 aliphatic carbocycles. The van der Waals surface area contributed by atoms with Gasteiger partial charge < -0.3 is 14.4 Å². The molecule has 0 bridgehead atoms. The van der Waals surface area contributed by atoms with E-state index in [0.717, 1.165) is 29.7 Å². The zero-order valence-corrected chi connectivity index (χ0v) is 20.9.